The van der Waals surface area contributed by atoms with E-state index in [-0.39, 0.29) is 11.7 Å². The van der Waals surface area contributed by atoms with E-state index in [1.165, 1.54) is 11.1 Å². The number of morpholine rings is 1. The second-order valence-electron chi connectivity index (χ2n) is 5.96. The molecular weight excluding hydrogens is 250 g/mol. The molecule has 0 saturated carbocycles. The Morgan fingerprint density at radius 3 is 2.95 bits per heavy atom. The first kappa shape index (κ1) is 13.3. The lowest BCUT2D eigenvalue weighted by Crippen LogP contribution is -2.55. The lowest BCUT2D eigenvalue weighted by molar-refractivity contribution is -0.0787. The number of fused-ring (bicyclic) bond motifs is 1. The highest BCUT2D eigenvalue weighted by Crippen LogP contribution is 2.30. The van der Waals surface area contributed by atoms with Gasteiger partial charge in [0.1, 0.15) is 0 Å². The van der Waals surface area contributed by atoms with E-state index in [9.17, 15) is 0 Å². The molecule has 0 aliphatic carbocycles. The second-order valence-corrected chi connectivity index (χ2v) is 5.96. The first-order valence-electron chi connectivity index (χ1n) is 7.06. The summed E-state index contributed by atoms with van der Waals surface area (Å²) in [7, 11) is 0. The number of hydrogen-bond acceptors (Lipinski definition) is 4. The average Bonchev–Trinajstić information content (AvgIpc) is 2.45. The molecule has 1 aliphatic heterocycles. The van der Waals surface area contributed by atoms with Crippen molar-refractivity contribution in [3.05, 3.63) is 36.5 Å². The van der Waals surface area contributed by atoms with Gasteiger partial charge in [0.2, 0.25) is 0 Å². The number of hydrogen-bond donors (Lipinski definition) is 1. The number of aromatic nitrogens is 1. The van der Waals surface area contributed by atoms with Crippen LogP contribution in [0.5, 0.6) is 0 Å². The highest BCUT2D eigenvalue weighted by Gasteiger charge is 2.33. The van der Waals surface area contributed by atoms with Crippen LogP contribution >= 0.6 is 0 Å². The smallest absolute Gasteiger partial charge is 0.0879 e. The maximum absolute atomic E-state index is 6.00. The standard InChI is InChI=1S/C16H21N3O/c1-16(2)11-19(10-12(9-17)20-16)15-7-8-18-14-6-4-3-5-13(14)15/h3-8,12H,9-11,17H2,1-2H3. The van der Waals surface area contributed by atoms with Crippen molar-refractivity contribution in [2.75, 3.05) is 24.5 Å². The van der Waals surface area contributed by atoms with E-state index in [4.69, 9.17) is 10.5 Å². The highest BCUT2D eigenvalue weighted by atomic mass is 16.5. The van der Waals surface area contributed by atoms with Gasteiger partial charge in [-0.2, -0.15) is 0 Å². The maximum Gasteiger partial charge on any atom is 0.0879 e. The highest BCUT2D eigenvalue weighted by molar-refractivity contribution is 5.91. The molecule has 1 unspecified atom stereocenters. The molecule has 0 bridgehead atoms. The fourth-order valence-corrected chi connectivity index (χ4v) is 2.96. The molecule has 20 heavy (non-hydrogen) atoms. The normalized spacial score (nSPS) is 22.1. The number of anilines is 1. The van der Waals surface area contributed by atoms with Crippen LogP contribution in [0.25, 0.3) is 10.9 Å². The number of benzene rings is 1. The average molecular weight is 271 g/mol. The molecule has 1 aromatic carbocycles. The molecule has 1 saturated heterocycles. The first-order valence-corrected chi connectivity index (χ1v) is 7.06. The van der Waals surface area contributed by atoms with Gasteiger partial charge in [0.15, 0.2) is 0 Å². The van der Waals surface area contributed by atoms with Crippen LogP contribution in [0.4, 0.5) is 5.69 Å². The summed E-state index contributed by atoms with van der Waals surface area (Å²) in [6, 6.07) is 10.3. The van der Waals surface area contributed by atoms with Gasteiger partial charge in [-0.25, -0.2) is 0 Å². The van der Waals surface area contributed by atoms with Gasteiger partial charge in [-0.3, -0.25) is 4.98 Å². The number of nitrogens with zero attached hydrogens (tertiary/aromatic N) is 2. The van der Waals surface area contributed by atoms with Crippen molar-refractivity contribution < 1.29 is 4.74 Å². The van der Waals surface area contributed by atoms with Crippen molar-refractivity contribution in [1.29, 1.82) is 0 Å². The van der Waals surface area contributed by atoms with Crippen LogP contribution in [0.3, 0.4) is 0 Å². The van der Waals surface area contributed by atoms with Crippen molar-refractivity contribution in [2.45, 2.75) is 25.6 Å². The van der Waals surface area contributed by atoms with Gasteiger partial charge >= 0.3 is 0 Å². The lowest BCUT2D eigenvalue weighted by atomic mass is 10.0. The van der Waals surface area contributed by atoms with Gasteiger partial charge in [-0.05, 0) is 26.0 Å². The van der Waals surface area contributed by atoms with E-state index in [2.05, 4.69) is 41.9 Å². The molecule has 4 heteroatoms. The first-order chi connectivity index (χ1) is 9.59. The van der Waals surface area contributed by atoms with E-state index < -0.39 is 0 Å². The number of pyridine rings is 1. The summed E-state index contributed by atoms with van der Waals surface area (Å²) >= 11 is 0. The molecule has 1 aromatic heterocycles. The SMILES string of the molecule is CC1(C)CN(c2ccnc3ccccc23)CC(CN)O1. The van der Waals surface area contributed by atoms with Crippen molar-refractivity contribution in [2.24, 2.45) is 5.73 Å². The van der Waals surface area contributed by atoms with Crippen LogP contribution in [-0.4, -0.2) is 36.3 Å². The van der Waals surface area contributed by atoms with Gasteiger partial charge in [0, 0.05) is 36.9 Å². The molecule has 1 atom stereocenters. The Balaban J connectivity index is 2.01. The predicted octanol–water partition coefficient (Wildman–Crippen LogP) is 2.18. The monoisotopic (exact) mass is 271 g/mol. The van der Waals surface area contributed by atoms with Crippen LogP contribution in [0, 0.1) is 0 Å². The second kappa shape index (κ2) is 5.04. The molecule has 1 aliphatic rings. The lowest BCUT2D eigenvalue weighted by Gasteiger charge is -2.43. The molecule has 0 radical (unpaired) electrons. The molecule has 4 nitrogen and oxygen atoms in total. The van der Waals surface area contributed by atoms with Gasteiger partial charge < -0.3 is 15.4 Å². The topological polar surface area (TPSA) is 51.4 Å². The van der Waals surface area contributed by atoms with Crippen molar-refractivity contribution in [3.63, 3.8) is 0 Å². The Hall–Kier alpha value is -1.65. The van der Waals surface area contributed by atoms with Crippen LogP contribution in [-0.2, 0) is 4.74 Å². The quantitative estimate of drug-likeness (QED) is 0.909. The van der Waals surface area contributed by atoms with E-state index in [1.54, 1.807) is 0 Å². The molecule has 0 spiro atoms. The summed E-state index contributed by atoms with van der Waals surface area (Å²) in [6.45, 7) is 6.46. The summed E-state index contributed by atoms with van der Waals surface area (Å²) in [5.41, 5.74) is 7.87. The van der Waals surface area contributed by atoms with E-state index in [0.29, 0.717) is 6.54 Å². The maximum atomic E-state index is 6.00. The third-order valence-corrected chi connectivity index (χ3v) is 3.71. The Morgan fingerprint density at radius 2 is 2.15 bits per heavy atom. The zero-order chi connectivity index (χ0) is 14.2. The predicted molar refractivity (Wildman–Crippen MR) is 82.0 cm³/mol. The van der Waals surface area contributed by atoms with E-state index in [0.717, 1.165) is 18.6 Å². The minimum Gasteiger partial charge on any atom is -0.367 e. The third-order valence-electron chi connectivity index (χ3n) is 3.71. The molecule has 3 rings (SSSR count). The molecule has 0 amide bonds. The summed E-state index contributed by atoms with van der Waals surface area (Å²) < 4.78 is 6.00. The summed E-state index contributed by atoms with van der Waals surface area (Å²) in [4.78, 5) is 6.80. The van der Waals surface area contributed by atoms with Crippen LogP contribution in [0.1, 0.15) is 13.8 Å². The zero-order valence-electron chi connectivity index (χ0n) is 12.0. The van der Waals surface area contributed by atoms with Crippen LogP contribution < -0.4 is 10.6 Å². The van der Waals surface area contributed by atoms with Crippen molar-refractivity contribution in [3.8, 4) is 0 Å². The minimum absolute atomic E-state index is 0.0747. The number of para-hydroxylation sites is 1. The Bertz CT molecular complexity index is 606. The molecule has 2 N–H and O–H groups in total. The third kappa shape index (κ3) is 2.49. The summed E-state index contributed by atoms with van der Waals surface area (Å²) in [5.74, 6) is 0. The molecule has 2 heterocycles. The summed E-state index contributed by atoms with van der Waals surface area (Å²) in [5, 5.41) is 1.18. The minimum atomic E-state index is -0.188. The molecular formula is C16H21N3O. The van der Waals surface area contributed by atoms with Crippen LogP contribution in [0.2, 0.25) is 0 Å². The van der Waals surface area contributed by atoms with Crippen LogP contribution in [0.15, 0.2) is 36.5 Å². The number of rotatable bonds is 2. The van der Waals surface area contributed by atoms with E-state index in [1.807, 2.05) is 18.3 Å². The van der Waals surface area contributed by atoms with E-state index >= 15 is 0 Å². The Labute approximate surface area is 119 Å². The number of ether oxygens (including phenoxy) is 1. The number of nitrogens with two attached hydrogens (primary N) is 1. The van der Waals surface area contributed by atoms with Gasteiger partial charge in [-0.15, -0.1) is 0 Å². The molecule has 106 valence electrons. The van der Waals surface area contributed by atoms with Gasteiger partial charge in [-0.1, -0.05) is 18.2 Å². The largest absolute Gasteiger partial charge is 0.367 e. The fraction of sp³-hybridized carbons (Fsp3) is 0.438. The Kier molecular flexibility index (Phi) is 3.36. The molecule has 2 aromatic rings. The van der Waals surface area contributed by atoms with Crippen molar-refractivity contribution >= 4 is 16.6 Å². The van der Waals surface area contributed by atoms with Gasteiger partial charge in [0.25, 0.3) is 0 Å². The van der Waals surface area contributed by atoms with Crippen molar-refractivity contribution in [1.82, 2.24) is 4.98 Å². The Morgan fingerprint density at radius 1 is 1.35 bits per heavy atom. The van der Waals surface area contributed by atoms with Gasteiger partial charge in [0.05, 0.1) is 17.2 Å². The molecule has 1 fully saturated rings. The zero-order valence-corrected chi connectivity index (χ0v) is 12.0. The fourth-order valence-electron chi connectivity index (χ4n) is 2.96. The summed E-state index contributed by atoms with van der Waals surface area (Å²) in [6.07, 6.45) is 1.95.